The summed E-state index contributed by atoms with van der Waals surface area (Å²) in [6.07, 6.45) is 0. The zero-order valence-corrected chi connectivity index (χ0v) is 14.3. The Morgan fingerprint density at radius 1 is 1.50 bits per heavy atom. The van der Waals surface area contributed by atoms with Crippen molar-refractivity contribution in [1.82, 2.24) is 0 Å². The van der Waals surface area contributed by atoms with Crippen LogP contribution in [-0.2, 0) is 14.3 Å². The minimum absolute atomic E-state index is 0.114. The molecular weight excluding hydrogens is 391 g/mol. The van der Waals surface area contributed by atoms with E-state index in [4.69, 9.17) is 5.73 Å². The van der Waals surface area contributed by atoms with Gasteiger partial charge in [0.05, 0.1) is 12.9 Å². The predicted molar refractivity (Wildman–Crippen MR) is 89.8 cm³/mol. The number of esters is 1. The van der Waals surface area contributed by atoms with Crippen LogP contribution in [0.4, 0.5) is 5.69 Å². The SMILES string of the molecule is COC(=O)C(N)CSCC(=O)Nc1ccc(I)cc1C. The lowest BCUT2D eigenvalue weighted by atomic mass is 10.2. The van der Waals surface area contributed by atoms with E-state index in [2.05, 4.69) is 32.6 Å². The molecule has 0 bridgehead atoms. The minimum atomic E-state index is -0.696. The lowest BCUT2D eigenvalue weighted by Gasteiger charge is -2.10. The molecule has 1 amide bonds. The number of anilines is 1. The second-order valence-corrected chi connectivity index (χ2v) is 6.43. The zero-order chi connectivity index (χ0) is 15.1. The van der Waals surface area contributed by atoms with Crippen LogP contribution >= 0.6 is 34.4 Å². The van der Waals surface area contributed by atoms with Crippen molar-refractivity contribution in [3.05, 3.63) is 27.3 Å². The van der Waals surface area contributed by atoms with Gasteiger partial charge < -0.3 is 15.8 Å². The number of ether oxygens (including phenoxy) is 1. The van der Waals surface area contributed by atoms with Crippen LogP contribution in [0.3, 0.4) is 0 Å². The molecule has 1 rings (SSSR count). The number of aryl methyl sites for hydroxylation is 1. The van der Waals surface area contributed by atoms with E-state index in [1.165, 1.54) is 18.9 Å². The molecule has 0 fully saturated rings. The summed E-state index contributed by atoms with van der Waals surface area (Å²) in [5.74, 6) is 0.0183. The number of thioether (sulfide) groups is 1. The zero-order valence-electron chi connectivity index (χ0n) is 11.3. The Morgan fingerprint density at radius 2 is 2.20 bits per heavy atom. The number of carbonyl (C=O) groups is 2. The summed E-state index contributed by atoms with van der Waals surface area (Å²) in [5, 5.41) is 2.83. The Morgan fingerprint density at radius 3 is 2.80 bits per heavy atom. The second-order valence-electron chi connectivity index (χ2n) is 4.15. The highest BCUT2D eigenvalue weighted by molar-refractivity contribution is 14.1. The fraction of sp³-hybridized carbons (Fsp3) is 0.385. The van der Waals surface area contributed by atoms with Crippen molar-refractivity contribution in [2.24, 2.45) is 5.73 Å². The molecule has 0 saturated heterocycles. The fourth-order valence-corrected chi connectivity index (χ4v) is 2.86. The number of hydrogen-bond donors (Lipinski definition) is 2. The Labute approximate surface area is 136 Å². The summed E-state index contributed by atoms with van der Waals surface area (Å²) in [6, 6.07) is 5.11. The van der Waals surface area contributed by atoms with Crippen molar-refractivity contribution in [2.45, 2.75) is 13.0 Å². The highest BCUT2D eigenvalue weighted by atomic mass is 127. The van der Waals surface area contributed by atoms with Gasteiger partial charge in [-0.05, 0) is 53.3 Å². The summed E-state index contributed by atoms with van der Waals surface area (Å²) in [4.78, 5) is 22.9. The molecule has 0 spiro atoms. The van der Waals surface area contributed by atoms with Crippen LogP contribution in [0, 0.1) is 10.5 Å². The van der Waals surface area contributed by atoms with Gasteiger partial charge in [0.2, 0.25) is 5.91 Å². The van der Waals surface area contributed by atoms with Gasteiger partial charge in [-0.3, -0.25) is 9.59 Å². The van der Waals surface area contributed by atoms with Gasteiger partial charge in [-0.25, -0.2) is 0 Å². The van der Waals surface area contributed by atoms with Gasteiger partial charge in [0.1, 0.15) is 6.04 Å². The summed E-state index contributed by atoms with van der Waals surface area (Å²) < 4.78 is 5.64. The molecule has 0 aliphatic rings. The number of carbonyl (C=O) groups excluding carboxylic acids is 2. The van der Waals surface area contributed by atoms with E-state index in [9.17, 15) is 9.59 Å². The van der Waals surface area contributed by atoms with E-state index in [1.54, 1.807) is 0 Å². The summed E-state index contributed by atoms with van der Waals surface area (Å²) >= 11 is 3.52. The first kappa shape index (κ1) is 17.3. The van der Waals surface area contributed by atoms with Gasteiger partial charge in [-0.15, -0.1) is 11.8 Å². The third-order valence-electron chi connectivity index (χ3n) is 2.50. The number of methoxy groups -OCH3 is 1. The topological polar surface area (TPSA) is 81.4 Å². The lowest BCUT2D eigenvalue weighted by Crippen LogP contribution is -2.34. The van der Waals surface area contributed by atoms with Gasteiger partial charge in [0, 0.05) is 15.0 Å². The molecule has 0 aromatic heterocycles. The number of amides is 1. The molecule has 1 aromatic carbocycles. The van der Waals surface area contributed by atoms with Crippen molar-refractivity contribution in [3.8, 4) is 0 Å². The molecule has 0 saturated carbocycles. The first-order valence-electron chi connectivity index (χ1n) is 5.91. The van der Waals surface area contributed by atoms with Gasteiger partial charge in [0.25, 0.3) is 0 Å². The largest absolute Gasteiger partial charge is 0.468 e. The van der Waals surface area contributed by atoms with E-state index >= 15 is 0 Å². The van der Waals surface area contributed by atoms with Crippen LogP contribution < -0.4 is 11.1 Å². The lowest BCUT2D eigenvalue weighted by molar-refractivity contribution is -0.141. The minimum Gasteiger partial charge on any atom is -0.468 e. The summed E-state index contributed by atoms with van der Waals surface area (Å²) in [7, 11) is 1.29. The van der Waals surface area contributed by atoms with Crippen molar-refractivity contribution >= 4 is 51.9 Å². The molecular formula is C13H17IN2O3S. The van der Waals surface area contributed by atoms with Crippen molar-refractivity contribution in [3.63, 3.8) is 0 Å². The smallest absolute Gasteiger partial charge is 0.323 e. The molecule has 0 aliphatic carbocycles. The molecule has 110 valence electrons. The molecule has 7 heteroatoms. The number of benzene rings is 1. The highest BCUT2D eigenvalue weighted by Crippen LogP contribution is 2.18. The van der Waals surface area contributed by atoms with Gasteiger partial charge in [-0.2, -0.15) is 0 Å². The molecule has 3 N–H and O–H groups in total. The number of hydrogen-bond acceptors (Lipinski definition) is 5. The normalized spacial score (nSPS) is 11.8. The van der Waals surface area contributed by atoms with Crippen LogP contribution in [0.2, 0.25) is 0 Å². The maximum Gasteiger partial charge on any atom is 0.323 e. The first-order valence-corrected chi connectivity index (χ1v) is 8.14. The summed E-state index contributed by atoms with van der Waals surface area (Å²) in [6.45, 7) is 1.94. The number of rotatable bonds is 6. The van der Waals surface area contributed by atoms with Crippen LogP contribution in [0.25, 0.3) is 0 Å². The van der Waals surface area contributed by atoms with Gasteiger partial charge >= 0.3 is 5.97 Å². The Balaban J connectivity index is 2.39. The molecule has 5 nitrogen and oxygen atoms in total. The van der Waals surface area contributed by atoms with E-state index < -0.39 is 12.0 Å². The highest BCUT2D eigenvalue weighted by Gasteiger charge is 2.14. The quantitative estimate of drug-likeness (QED) is 0.554. The molecule has 1 atom stereocenters. The Kier molecular flexibility index (Phi) is 7.31. The average molecular weight is 408 g/mol. The maximum absolute atomic E-state index is 11.8. The van der Waals surface area contributed by atoms with Crippen LogP contribution in [0.5, 0.6) is 0 Å². The van der Waals surface area contributed by atoms with Crippen LogP contribution in [0.1, 0.15) is 5.56 Å². The third kappa shape index (κ3) is 5.68. The average Bonchev–Trinajstić information content (AvgIpc) is 2.41. The predicted octanol–water partition coefficient (Wildman–Crippen LogP) is 1.77. The van der Waals surface area contributed by atoms with Crippen molar-refractivity contribution in [2.75, 3.05) is 23.9 Å². The van der Waals surface area contributed by atoms with Crippen LogP contribution in [-0.4, -0.2) is 36.5 Å². The van der Waals surface area contributed by atoms with Gasteiger partial charge in [-0.1, -0.05) is 0 Å². The van der Waals surface area contributed by atoms with Crippen molar-refractivity contribution in [1.29, 1.82) is 0 Å². The Hall–Kier alpha value is -0.800. The second kappa shape index (κ2) is 8.48. The third-order valence-corrected chi connectivity index (χ3v) is 4.23. The van der Waals surface area contributed by atoms with E-state index in [0.717, 1.165) is 14.8 Å². The summed E-state index contributed by atoms with van der Waals surface area (Å²) in [5.41, 5.74) is 7.39. The van der Waals surface area contributed by atoms with E-state index in [0.29, 0.717) is 5.75 Å². The number of halogens is 1. The molecule has 1 unspecified atom stereocenters. The number of nitrogens with two attached hydrogens (primary N) is 1. The molecule has 1 aromatic rings. The molecule has 0 aliphatic heterocycles. The van der Waals surface area contributed by atoms with Crippen molar-refractivity contribution < 1.29 is 14.3 Å². The fourth-order valence-electron chi connectivity index (χ4n) is 1.45. The number of nitrogens with one attached hydrogen (secondary N) is 1. The van der Waals surface area contributed by atoms with Gasteiger partial charge in [0.15, 0.2) is 0 Å². The monoisotopic (exact) mass is 408 g/mol. The van der Waals surface area contributed by atoms with E-state index in [1.807, 2.05) is 25.1 Å². The van der Waals surface area contributed by atoms with Crippen LogP contribution in [0.15, 0.2) is 18.2 Å². The van der Waals surface area contributed by atoms with E-state index in [-0.39, 0.29) is 11.7 Å². The molecule has 20 heavy (non-hydrogen) atoms. The first-order chi connectivity index (χ1) is 9.43. The molecule has 0 radical (unpaired) electrons. The Bertz CT molecular complexity index is 497. The standard InChI is InChI=1S/C13H17IN2O3S/c1-8-5-9(14)3-4-11(8)16-12(17)7-20-6-10(15)13(18)19-2/h3-5,10H,6-7,15H2,1-2H3,(H,16,17). The maximum atomic E-state index is 11.8. The molecule has 0 heterocycles.